The van der Waals surface area contributed by atoms with Gasteiger partial charge in [0.05, 0.1) is 11.3 Å². The van der Waals surface area contributed by atoms with Crippen LogP contribution in [0.3, 0.4) is 0 Å². The molecule has 0 bridgehead atoms. The first-order valence-electron chi connectivity index (χ1n) is 11.3. The first kappa shape index (κ1) is 22.3. The summed E-state index contributed by atoms with van der Waals surface area (Å²) in [7, 11) is 3.95. The van der Waals surface area contributed by atoms with Crippen LogP contribution in [0.4, 0.5) is 17.1 Å². The molecular weight excluding hydrogens is 410 g/mol. The minimum atomic E-state index is -0.350. The monoisotopic (exact) mass is 439 g/mol. The van der Waals surface area contributed by atoms with Crippen molar-refractivity contribution in [2.75, 3.05) is 29.2 Å². The topological polar surface area (TPSA) is 52.7 Å². The molecule has 0 spiro atoms. The van der Waals surface area contributed by atoms with Gasteiger partial charge in [-0.05, 0) is 60.4 Å². The first-order valence-corrected chi connectivity index (χ1v) is 11.3. The molecule has 1 aliphatic heterocycles. The number of nitrogens with zero attached hydrogens (tertiary/aromatic N) is 2. The summed E-state index contributed by atoms with van der Waals surface area (Å²) in [6.45, 7) is 2.16. The van der Waals surface area contributed by atoms with Gasteiger partial charge in [0.1, 0.15) is 5.70 Å². The highest BCUT2D eigenvalue weighted by Gasteiger charge is 2.40. The van der Waals surface area contributed by atoms with Crippen LogP contribution >= 0.6 is 0 Å². The zero-order chi connectivity index (χ0) is 23.4. The maximum atomic E-state index is 13.5. The Balaban J connectivity index is 1.69. The SMILES string of the molecule is CCCCc1ccc(N2C(=O)C(Nc3ccc(N(C)C)cc3)=C(c3ccccc3)C2=O)cc1. The van der Waals surface area contributed by atoms with Crippen LogP contribution in [-0.2, 0) is 16.0 Å². The number of hydrogen-bond donors (Lipinski definition) is 1. The molecule has 0 atom stereocenters. The van der Waals surface area contributed by atoms with Crippen molar-refractivity contribution < 1.29 is 9.59 Å². The number of nitrogens with one attached hydrogen (secondary N) is 1. The van der Waals surface area contributed by atoms with Gasteiger partial charge in [0.2, 0.25) is 0 Å². The molecule has 0 aliphatic carbocycles. The van der Waals surface area contributed by atoms with Crippen LogP contribution in [0, 0.1) is 0 Å². The number of hydrogen-bond acceptors (Lipinski definition) is 4. The molecule has 168 valence electrons. The minimum Gasteiger partial charge on any atom is -0.378 e. The average molecular weight is 440 g/mol. The van der Waals surface area contributed by atoms with E-state index < -0.39 is 0 Å². The lowest BCUT2D eigenvalue weighted by molar-refractivity contribution is -0.120. The number of anilines is 3. The third kappa shape index (κ3) is 4.67. The molecule has 0 saturated heterocycles. The number of benzene rings is 3. The maximum Gasteiger partial charge on any atom is 0.282 e. The first-order chi connectivity index (χ1) is 16.0. The fourth-order valence-corrected chi connectivity index (χ4v) is 3.93. The standard InChI is InChI=1S/C28H29N3O2/c1-4-5-9-20-12-16-24(17-13-20)31-27(32)25(21-10-7-6-8-11-21)26(28(31)33)29-22-14-18-23(19-15-22)30(2)3/h6-8,10-19,29H,4-5,9H2,1-3H3. The number of rotatable bonds is 8. The van der Waals surface area contributed by atoms with Crippen LogP contribution in [0.1, 0.15) is 30.9 Å². The zero-order valence-electron chi connectivity index (χ0n) is 19.3. The Labute approximate surface area is 195 Å². The summed E-state index contributed by atoms with van der Waals surface area (Å²) in [6.07, 6.45) is 3.23. The lowest BCUT2D eigenvalue weighted by Crippen LogP contribution is -2.32. The number of carbonyl (C=O) groups excluding carboxylic acids is 2. The molecule has 1 N–H and O–H groups in total. The van der Waals surface area contributed by atoms with E-state index >= 15 is 0 Å². The zero-order valence-corrected chi connectivity index (χ0v) is 19.3. The Morgan fingerprint density at radius 3 is 2.09 bits per heavy atom. The van der Waals surface area contributed by atoms with E-state index in [-0.39, 0.29) is 11.8 Å². The lowest BCUT2D eigenvalue weighted by Gasteiger charge is -2.16. The highest BCUT2D eigenvalue weighted by Crippen LogP contribution is 2.34. The molecule has 0 saturated carbocycles. The predicted octanol–water partition coefficient (Wildman–Crippen LogP) is 5.49. The summed E-state index contributed by atoms with van der Waals surface area (Å²) in [5, 5.41) is 3.22. The van der Waals surface area contributed by atoms with Crippen LogP contribution in [0.15, 0.2) is 84.6 Å². The van der Waals surface area contributed by atoms with Crippen molar-refractivity contribution >= 4 is 34.4 Å². The highest BCUT2D eigenvalue weighted by atomic mass is 16.2. The predicted molar refractivity (Wildman–Crippen MR) is 135 cm³/mol. The second-order valence-electron chi connectivity index (χ2n) is 8.40. The van der Waals surface area contributed by atoms with Crippen molar-refractivity contribution in [1.82, 2.24) is 0 Å². The molecule has 3 aromatic carbocycles. The van der Waals surface area contributed by atoms with Crippen LogP contribution in [0.25, 0.3) is 5.57 Å². The van der Waals surface area contributed by atoms with Gasteiger partial charge in [0.25, 0.3) is 11.8 Å². The molecule has 3 aromatic rings. The van der Waals surface area contributed by atoms with E-state index in [2.05, 4.69) is 12.2 Å². The molecule has 5 nitrogen and oxygen atoms in total. The second kappa shape index (κ2) is 9.74. The van der Waals surface area contributed by atoms with Gasteiger partial charge >= 0.3 is 0 Å². The van der Waals surface area contributed by atoms with Crippen molar-refractivity contribution in [2.45, 2.75) is 26.2 Å². The van der Waals surface area contributed by atoms with Crippen LogP contribution in [0.2, 0.25) is 0 Å². The van der Waals surface area contributed by atoms with Crippen molar-refractivity contribution in [1.29, 1.82) is 0 Å². The Morgan fingerprint density at radius 1 is 0.818 bits per heavy atom. The summed E-state index contributed by atoms with van der Waals surface area (Å²) in [4.78, 5) is 30.3. The summed E-state index contributed by atoms with van der Waals surface area (Å²) in [6, 6.07) is 24.8. The van der Waals surface area contributed by atoms with E-state index in [0.29, 0.717) is 22.5 Å². The Kier molecular flexibility index (Phi) is 6.59. The Bertz CT molecular complexity index is 1160. The fourth-order valence-electron chi connectivity index (χ4n) is 3.93. The van der Waals surface area contributed by atoms with Gasteiger partial charge in [-0.15, -0.1) is 0 Å². The van der Waals surface area contributed by atoms with Gasteiger partial charge in [-0.25, -0.2) is 4.90 Å². The van der Waals surface area contributed by atoms with E-state index in [0.717, 1.165) is 30.6 Å². The fraction of sp³-hybridized carbons (Fsp3) is 0.214. The van der Waals surface area contributed by atoms with Crippen molar-refractivity contribution in [3.8, 4) is 0 Å². The van der Waals surface area contributed by atoms with E-state index in [9.17, 15) is 9.59 Å². The molecule has 1 heterocycles. The van der Waals surface area contributed by atoms with Crippen molar-refractivity contribution in [3.63, 3.8) is 0 Å². The van der Waals surface area contributed by atoms with Crippen LogP contribution in [-0.4, -0.2) is 25.9 Å². The molecule has 0 aromatic heterocycles. The number of imide groups is 1. The molecule has 4 rings (SSSR count). The van der Waals surface area contributed by atoms with Crippen molar-refractivity contribution in [3.05, 3.63) is 95.7 Å². The van der Waals surface area contributed by atoms with Gasteiger partial charge in [-0.3, -0.25) is 9.59 Å². The van der Waals surface area contributed by atoms with Gasteiger partial charge in [0.15, 0.2) is 0 Å². The molecule has 2 amide bonds. The van der Waals surface area contributed by atoms with E-state index in [4.69, 9.17) is 0 Å². The van der Waals surface area contributed by atoms with Gasteiger partial charge < -0.3 is 10.2 Å². The third-order valence-corrected chi connectivity index (χ3v) is 5.81. The van der Waals surface area contributed by atoms with Gasteiger partial charge in [0, 0.05) is 25.5 Å². The van der Waals surface area contributed by atoms with Crippen molar-refractivity contribution in [2.24, 2.45) is 0 Å². The summed E-state index contributed by atoms with van der Waals surface area (Å²) in [5.74, 6) is -0.670. The molecule has 0 radical (unpaired) electrons. The number of aryl methyl sites for hydroxylation is 1. The van der Waals surface area contributed by atoms with Gasteiger partial charge in [-0.1, -0.05) is 55.8 Å². The lowest BCUT2D eigenvalue weighted by atomic mass is 10.0. The highest BCUT2D eigenvalue weighted by molar-refractivity contribution is 6.46. The molecule has 1 aliphatic rings. The maximum absolute atomic E-state index is 13.5. The number of amides is 2. The number of carbonyl (C=O) groups is 2. The average Bonchev–Trinajstić information content (AvgIpc) is 3.08. The van der Waals surface area contributed by atoms with E-state index in [1.54, 1.807) is 0 Å². The summed E-state index contributed by atoms with van der Waals surface area (Å²) in [5.41, 5.74) is 4.98. The van der Waals surface area contributed by atoms with Gasteiger partial charge in [-0.2, -0.15) is 0 Å². The van der Waals surface area contributed by atoms with E-state index in [1.807, 2.05) is 97.9 Å². The minimum absolute atomic E-state index is 0.291. The molecule has 33 heavy (non-hydrogen) atoms. The smallest absolute Gasteiger partial charge is 0.282 e. The normalized spacial score (nSPS) is 13.6. The summed E-state index contributed by atoms with van der Waals surface area (Å²) >= 11 is 0. The molecular formula is C28H29N3O2. The summed E-state index contributed by atoms with van der Waals surface area (Å²) < 4.78 is 0. The molecule has 0 fully saturated rings. The van der Waals surface area contributed by atoms with Crippen LogP contribution in [0.5, 0.6) is 0 Å². The Morgan fingerprint density at radius 2 is 1.48 bits per heavy atom. The number of unbranched alkanes of at least 4 members (excludes halogenated alkanes) is 1. The molecule has 0 unspecified atom stereocenters. The molecule has 5 heteroatoms. The Hall–Kier alpha value is -3.86. The van der Waals surface area contributed by atoms with E-state index in [1.165, 1.54) is 10.5 Å². The third-order valence-electron chi connectivity index (χ3n) is 5.81. The quantitative estimate of drug-likeness (QED) is 0.472. The largest absolute Gasteiger partial charge is 0.378 e. The second-order valence-corrected chi connectivity index (χ2v) is 8.40. The van der Waals surface area contributed by atoms with Crippen LogP contribution < -0.4 is 15.1 Å².